The Labute approximate surface area is 108 Å². The number of ether oxygens (including phenoxy) is 1. The second-order valence-corrected chi connectivity index (χ2v) is 3.83. The van der Waals surface area contributed by atoms with Gasteiger partial charge in [0, 0.05) is 26.7 Å². The van der Waals surface area contributed by atoms with Crippen molar-refractivity contribution in [1.82, 2.24) is 9.80 Å². The van der Waals surface area contributed by atoms with E-state index in [0.29, 0.717) is 19.7 Å². The van der Waals surface area contributed by atoms with Crippen LogP contribution in [0.4, 0.5) is 4.79 Å². The van der Waals surface area contributed by atoms with Gasteiger partial charge in [0.25, 0.3) is 0 Å². The molecule has 0 aliphatic carbocycles. The maximum absolute atomic E-state index is 12.1. The summed E-state index contributed by atoms with van der Waals surface area (Å²) in [6, 6.07) is -0.295. The molecule has 0 atom stereocenters. The number of hydrogen-bond acceptors (Lipinski definition) is 3. The maximum Gasteiger partial charge on any atom is 0.323 e. The van der Waals surface area contributed by atoms with Gasteiger partial charge in [-0.15, -0.1) is 6.58 Å². The van der Waals surface area contributed by atoms with Crippen molar-refractivity contribution < 1.29 is 19.4 Å². The highest BCUT2D eigenvalue weighted by molar-refractivity contribution is 5.80. The summed E-state index contributed by atoms with van der Waals surface area (Å²) in [6.07, 6.45) is 2.44. The Morgan fingerprint density at radius 1 is 1.33 bits per heavy atom. The minimum Gasteiger partial charge on any atom is -0.480 e. The van der Waals surface area contributed by atoms with Crippen molar-refractivity contribution in [3.63, 3.8) is 0 Å². The molecular formula is C12H22N2O4. The average Bonchev–Trinajstić information content (AvgIpc) is 2.33. The second-order valence-electron chi connectivity index (χ2n) is 3.83. The van der Waals surface area contributed by atoms with Crippen molar-refractivity contribution >= 4 is 12.0 Å². The zero-order valence-electron chi connectivity index (χ0n) is 11.1. The van der Waals surface area contributed by atoms with Crippen LogP contribution < -0.4 is 0 Å². The Balaban J connectivity index is 4.65. The van der Waals surface area contributed by atoms with E-state index >= 15 is 0 Å². The first kappa shape index (κ1) is 16.4. The molecule has 0 aliphatic rings. The van der Waals surface area contributed by atoms with Gasteiger partial charge in [-0.2, -0.15) is 0 Å². The number of urea groups is 1. The molecule has 104 valence electrons. The van der Waals surface area contributed by atoms with Gasteiger partial charge >= 0.3 is 12.0 Å². The van der Waals surface area contributed by atoms with E-state index in [1.807, 2.05) is 6.92 Å². The molecule has 0 aromatic rings. The molecular weight excluding hydrogens is 236 g/mol. The number of aliphatic carboxylic acids is 1. The Morgan fingerprint density at radius 2 is 2.00 bits per heavy atom. The van der Waals surface area contributed by atoms with Crippen LogP contribution in [0.15, 0.2) is 12.7 Å². The molecule has 0 aliphatic heterocycles. The number of hydrogen-bond donors (Lipinski definition) is 1. The SMILES string of the molecule is C=CCN(CCC)C(=O)N(CCOC)CC(=O)O. The normalized spacial score (nSPS) is 9.89. The average molecular weight is 258 g/mol. The topological polar surface area (TPSA) is 70.1 Å². The van der Waals surface area contributed by atoms with Crippen molar-refractivity contribution in [2.75, 3.05) is 39.9 Å². The molecule has 0 heterocycles. The van der Waals surface area contributed by atoms with Crippen molar-refractivity contribution in [3.8, 4) is 0 Å². The first-order chi connectivity index (χ1) is 8.56. The highest BCUT2D eigenvalue weighted by atomic mass is 16.5. The van der Waals surface area contributed by atoms with E-state index in [2.05, 4.69) is 6.58 Å². The summed E-state index contributed by atoms with van der Waals surface area (Å²) in [5, 5.41) is 8.80. The van der Waals surface area contributed by atoms with Crippen LogP contribution in [0.2, 0.25) is 0 Å². The van der Waals surface area contributed by atoms with Gasteiger partial charge in [-0.3, -0.25) is 4.79 Å². The Hall–Kier alpha value is -1.56. The molecule has 0 rings (SSSR count). The predicted molar refractivity (Wildman–Crippen MR) is 68.5 cm³/mol. The highest BCUT2D eigenvalue weighted by Crippen LogP contribution is 2.01. The molecule has 18 heavy (non-hydrogen) atoms. The number of carbonyl (C=O) groups excluding carboxylic acids is 1. The van der Waals surface area contributed by atoms with Crippen molar-refractivity contribution in [1.29, 1.82) is 0 Å². The van der Waals surface area contributed by atoms with Crippen LogP contribution >= 0.6 is 0 Å². The smallest absolute Gasteiger partial charge is 0.323 e. The molecule has 0 bridgehead atoms. The number of nitrogens with zero attached hydrogens (tertiary/aromatic N) is 2. The summed E-state index contributed by atoms with van der Waals surface area (Å²) in [4.78, 5) is 25.7. The van der Waals surface area contributed by atoms with Gasteiger partial charge in [0.1, 0.15) is 6.54 Å². The number of carbonyl (C=O) groups is 2. The number of carboxylic acid groups (broad SMARTS) is 1. The summed E-state index contributed by atoms with van der Waals surface area (Å²) >= 11 is 0. The molecule has 0 saturated heterocycles. The monoisotopic (exact) mass is 258 g/mol. The molecule has 0 aromatic carbocycles. The lowest BCUT2D eigenvalue weighted by molar-refractivity contribution is -0.137. The molecule has 6 heteroatoms. The summed E-state index contributed by atoms with van der Waals surface area (Å²) in [6.45, 7) is 6.80. The molecule has 0 unspecified atom stereocenters. The zero-order valence-corrected chi connectivity index (χ0v) is 11.1. The fraction of sp³-hybridized carbons (Fsp3) is 0.667. The standard InChI is InChI=1S/C12H22N2O4/c1-4-6-13(7-5-2)12(17)14(8-9-18-3)10-11(15)16/h4H,1,5-10H2,2-3H3,(H,15,16). The summed E-state index contributed by atoms with van der Waals surface area (Å²) in [7, 11) is 1.51. The molecule has 0 fully saturated rings. The van der Waals surface area contributed by atoms with Gasteiger partial charge in [-0.05, 0) is 6.42 Å². The fourth-order valence-corrected chi connectivity index (χ4v) is 1.50. The lowest BCUT2D eigenvalue weighted by Crippen LogP contribution is -2.47. The van der Waals surface area contributed by atoms with Crippen LogP contribution in [-0.2, 0) is 9.53 Å². The first-order valence-electron chi connectivity index (χ1n) is 5.92. The van der Waals surface area contributed by atoms with E-state index in [1.165, 1.54) is 12.0 Å². The Morgan fingerprint density at radius 3 is 2.44 bits per heavy atom. The minimum absolute atomic E-state index is 0.263. The van der Waals surface area contributed by atoms with E-state index in [1.54, 1.807) is 11.0 Å². The molecule has 0 radical (unpaired) electrons. The Kier molecular flexibility index (Phi) is 8.65. The van der Waals surface area contributed by atoms with Crippen LogP contribution in [0.25, 0.3) is 0 Å². The number of amides is 2. The van der Waals surface area contributed by atoms with Crippen molar-refractivity contribution in [3.05, 3.63) is 12.7 Å². The summed E-state index contributed by atoms with van der Waals surface area (Å²) < 4.78 is 4.88. The largest absolute Gasteiger partial charge is 0.480 e. The van der Waals surface area contributed by atoms with Crippen LogP contribution in [0.5, 0.6) is 0 Å². The van der Waals surface area contributed by atoms with Gasteiger partial charge in [0.2, 0.25) is 0 Å². The molecule has 6 nitrogen and oxygen atoms in total. The molecule has 0 spiro atoms. The van der Waals surface area contributed by atoms with Gasteiger partial charge in [0.15, 0.2) is 0 Å². The van der Waals surface area contributed by atoms with E-state index in [-0.39, 0.29) is 19.1 Å². The quantitative estimate of drug-likeness (QED) is 0.627. The molecule has 0 aromatic heterocycles. The zero-order chi connectivity index (χ0) is 14.0. The lowest BCUT2D eigenvalue weighted by atomic mass is 10.4. The number of rotatable bonds is 9. The first-order valence-corrected chi connectivity index (χ1v) is 5.92. The molecule has 1 N–H and O–H groups in total. The van der Waals surface area contributed by atoms with E-state index in [4.69, 9.17) is 9.84 Å². The summed E-state index contributed by atoms with van der Waals surface area (Å²) in [5.74, 6) is -1.03. The Bertz CT molecular complexity index is 281. The van der Waals surface area contributed by atoms with E-state index < -0.39 is 5.97 Å². The number of carboxylic acids is 1. The van der Waals surface area contributed by atoms with Crippen LogP contribution in [-0.4, -0.2) is 66.8 Å². The van der Waals surface area contributed by atoms with Gasteiger partial charge < -0.3 is 19.6 Å². The van der Waals surface area contributed by atoms with Gasteiger partial charge in [0.05, 0.1) is 6.61 Å². The van der Waals surface area contributed by atoms with Crippen LogP contribution in [0.3, 0.4) is 0 Å². The minimum atomic E-state index is -1.03. The van der Waals surface area contributed by atoms with Crippen LogP contribution in [0, 0.1) is 0 Å². The third kappa shape index (κ3) is 6.24. The van der Waals surface area contributed by atoms with Crippen LogP contribution in [0.1, 0.15) is 13.3 Å². The second kappa shape index (κ2) is 9.47. The van der Waals surface area contributed by atoms with Crippen molar-refractivity contribution in [2.24, 2.45) is 0 Å². The van der Waals surface area contributed by atoms with Gasteiger partial charge in [-0.1, -0.05) is 13.0 Å². The third-order valence-electron chi connectivity index (χ3n) is 2.28. The molecule has 0 saturated carbocycles. The van der Waals surface area contributed by atoms with Crippen molar-refractivity contribution in [2.45, 2.75) is 13.3 Å². The fourth-order valence-electron chi connectivity index (χ4n) is 1.50. The maximum atomic E-state index is 12.1. The van der Waals surface area contributed by atoms with E-state index in [9.17, 15) is 9.59 Å². The highest BCUT2D eigenvalue weighted by Gasteiger charge is 2.21. The predicted octanol–water partition coefficient (Wildman–Crippen LogP) is 1.04. The molecule has 2 amide bonds. The number of methoxy groups -OCH3 is 1. The third-order valence-corrected chi connectivity index (χ3v) is 2.28. The van der Waals surface area contributed by atoms with Gasteiger partial charge in [-0.25, -0.2) is 4.79 Å². The summed E-state index contributed by atoms with van der Waals surface area (Å²) in [5.41, 5.74) is 0. The van der Waals surface area contributed by atoms with E-state index in [0.717, 1.165) is 6.42 Å². The lowest BCUT2D eigenvalue weighted by Gasteiger charge is -2.28.